The number of pyridine rings is 1. The molecule has 4 heteroatoms. The van der Waals surface area contributed by atoms with E-state index in [4.69, 9.17) is 10.5 Å². The van der Waals surface area contributed by atoms with Gasteiger partial charge in [0.15, 0.2) is 0 Å². The minimum atomic E-state index is -0.511. The molecular weight excluding hydrogens is 159 g/mol. The van der Waals surface area contributed by atoms with Crippen molar-refractivity contribution in [3.8, 4) is 5.75 Å². The summed E-state index contributed by atoms with van der Waals surface area (Å²) in [6.07, 6.45) is 1.33. The van der Waals surface area contributed by atoms with Crippen LogP contribution in [0.3, 0.4) is 0 Å². The zero-order chi connectivity index (χ0) is 8.97. The van der Waals surface area contributed by atoms with Gasteiger partial charge in [-0.3, -0.25) is 0 Å². The quantitative estimate of drug-likeness (QED) is 0.687. The van der Waals surface area contributed by atoms with Crippen molar-refractivity contribution in [3.63, 3.8) is 0 Å². The van der Waals surface area contributed by atoms with Crippen molar-refractivity contribution in [1.82, 2.24) is 4.98 Å². The van der Waals surface area contributed by atoms with E-state index < -0.39 is 5.95 Å². The Morgan fingerprint density at radius 3 is 2.92 bits per heavy atom. The van der Waals surface area contributed by atoms with Crippen molar-refractivity contribution in [3.05, 3.63) is 24.3 Å². The molecule has 0 spiro atoms. The lowest BCUT2D eigenvalue weighted by Crippen LogP contribution is -2.23. The highest BCUT2D eigenvalue weighted by Crippen LogP contribution is 2.07. The number of hydrogen-bond acceptors (Lipinski definition) is 3. The Balaban J connectivity index is 2.48. The fourth-order valence-electron chi connectivity index (χ4n) is 0.675. The van der Waals surface area contributed by atoms with Gasteiger partial charge in [-0.1, -0.05) is 0 Å². The number of hydrogen-bond donors (Lipinski definition) is 1. The predicted molar refractivity (Wildman–Crippen MR) is 43.3 cm³/mol. The Hall–Kier alpha value is -1.16. The number of aromatic nitrogens is 1. The Labute approximate surface area is 70.4 Å². The van der Waals surface area contributed by atoms with Crippen LogP contribution in [0.1, 0.15) is 6.92 Å². The maximum Gasteiger partial charge on any atom is 0.213 e. The van der Waals surface area contributed by atoms with Gasteiger partial charge in [0.25, 0.3) is 0 Å². The van der Waals surface area contributed by atoms with Crippen molar-refractivity contribution >= 4 is 0 Å². The molecule has 1 unspecified atom stereocenters. The summed E-state index contributed by atoms with van der Waals surface area (Å²) in [5.74, 6) is 0.0249. The molecule has 0 saturated heterocycles. The number of ether oxygens (including phenoxy) is 1. The van der Waals surface area contributed by atoms with Crippen LogP contribution in [0.4, 0.5) is 4.39 Å². The Kier molecular flexibility index (Phi) is 2.99. The fraction of sp³-hybridized carbons (Fsp3) is 0.375. The normalized spacial score (nSPS) is 12.6. The second-order valence-corrected chi connectivity index (χ2v) is 2.60. The first kappa shape index (κ1) is 8.93. The van der Waals surface area contributed by atoms with E-state index >= 15 is 0 Å². The molecule has 1 rings (SSSR count). The van der Waals surface area contributed by atoms with Crippen LogP contribution in [0.5, 0.6) is 5.75 Å². The minimum absolute atomic E-state index is 0.0324. The van der Waals surface area contributed by atoms with Crippen LogP contribution in [0.2, 0.25) is 0 Å². The van der Waals surface area contributed by atoms with Gasteiger partial charge >= 0.3 is 0 Å². The number of nitrogens with zero attached hydrogens (tertiary/aromatic N) is 1. The lowest BCUT2D eigenvalue weighted by Gasteiger charge is -2.07. The minimum Gasteiger partial charge on any atom is -0.490 e. The van der Waals surface area contributed by atoms with Crippen LogP contribution < -0.4 is 10.5 Å². The van der Waals surface area contributed by atoms with Crippen LogP contribution in [-0.4, -0.2) is 17.6 Å². The largest absolute Gasteiger partial charge is 0.490 e. The third-order valence-corrected chi connectivity index (χ3v) is 1.21. The van der Waals surface area contributed by atoms with Gasteiger partial charge in [-0.25, -0.2) is 4.98 Å². The van der Waals surface area contributed by atoms with Crippen LogP contribution in [0, 0.1) is 5.95 Å². The summed E-state index contributed by atoms with van der Waals surface area (Å²) in [6, 6.07) is 2.73. The highest BCUT2D eigenvalue weighted by Gasteiger charge is 1.97. The van der Waals surface area contributed by atoms with Crippen molar-refractivity contribution in [1.29, 1.82) is 0 Å². The van der Waals surface area contributed by atoms with Gasteiger partial charge in [0.05, 0.1) is 6.20 Å². The Bertz CT molecular complexity index is 235. The molecule has 0 radical (unpaired) electrons. The van der Waals surface area contributed by atoms with E-state index in [2.05, 4.69) is 4.98 Å². The number of rotatable bonds is 3. The van der Waals surface area contributed by atoms with Crippen molar-refractivity contribution < 1.29 is 9.13 Å². The summed E-state index contributed by atoms with van der Waals surface area (Å²) in [7, 11) is 0. The van der Waals surface area contributed by atoms with E-state index in [9.17, 15) is 4.39 Å². The van der Waals surface area contributed by atoms with E-state index in [0.29, 0.717) is 12.4 Å². The molecule has 0 fully saturated rings. The standard InChI is InChI=1S/C8H11FN2O/c1-6(10)5-12-7-2-3-8(9)11-4-7/h2-4,6H,5,10H2,1H3. The van der Waals surface area contributed by atoms with Gasteiger partial charge in [-0.2, -0.15) is 4.39 Å². The molecule has 66 valence electrons. The highest BCUT2D eigenvalue weighted by atomic mass is 19.1. The van der Waals surface area contributed by atoms with Crippen molar-refractivity contribution in [2.24, 2.45) is 5.73 Å². The smallest absolute Gasteiger partial charge is 0.213 e. The summed E-state index contributed by atoms with van der Waals surface area (Å²) in [5, 5.41) is 0. The summed E-state index contributed by atoms with van der Waals surface area (Å²) in [6.45, 7) is 2.24. The molecule has 1 atom stereocenters. The van der Waals surface area contributed by atoms with Gasteiger partial charge < -0.3 is 10.5 Å². The van der Waals surface area contributed by atoms with Crippen molar-refractivity contribution in [2.45, 2.75) is 13.0 Å². The molecular formula is C8H11FN2O. The molecule has 0 saturated carbocycles. The third-order valence-electron chi connectivity index (χ3n) is 1.21. The van der Waals surface area contributed by atoms with Gasteiger partial charge in [0, 0.05) is 6.04 Å². The van der Waals surface area contributed by atoms with Gasteiger partial charge in [0.2, 0.25) is 5.95 Å². The lowest BCUT2D eigenvalue weighted by atomic mass is 10.4. The maximum atomic E-state index is 12.3. The third kappa shape index (κ3) is 2.84. The predicted octanol–water partition coefficient (Wildman–Crippen LogP) is 0.947. The first-order valence-corrected chi connectivity index (χ1v) is 3.68. The first-order valence-electron chi connectivity index (χ1n) is 3.68. The zero-order valence-corrected chi connectivity index (χ0v) is 6.83. The summed E-state index contributed by atoms with van der Waals surface area (Å²) in [4.78, 5) is 3.42. The topological polar surface area (TPSA) is 48.1 Å². The average molecular weight is 170 g/mol. The van der Waals surface area contributed by atoms with Gasteiger partial charge in [0.1, 0.15) is 12.4 Å². The molecule has 12 heavy (non-hydrogen) atoms. The molecule has 0 aliphatic carbocycles. The van der Waals surface area contributed by atoms with Crippen molar-refractivity contribution in [2.75, 3.05) is 6.61 Å². The first-order chi connectivity index (χ1) is 5.68. The van der Waals surface area contributed by atoms with Gasteiger partial charge in [-0.05, 0) is 19.1 Å². The second-order valence-electron chi connectivity index (χ2n) is 2.60. The number of halogens is 1. The molecule has 3 nitrogen and oxygen atoms in total. The average Bonchev–Trinajstić information content (AvgIpc) is 2.03. The van der Waals surface area contributed by atoms with E-state index in [-0.39, 0.29) is 6.04 Å². The van der Waals surface area contributed by atoms with E-state index in [1.165, 1.54) is 18.3 Å². The van der Waals surface area contributed by atoms with E-state index in [0.717, 1.165) is 0 Å². The molecule has 0 aromatic carbocycles. The van der Waals surface area contributed by atoms with E-state index in [1.54, 1.807) is 0 Å². The lowest BCUT2D eigenvalue weighted by molar-refractivity contribution is 0.294. The zero-order valence-electron chi connectivity index (χ0n) is 6.83. The second kappa shape index (κ2) is 4.01. The van der Waals surface area contributed by atoms with Crippen LogP contribution in [0.25, 0.3) is 0 Å². The molecule has 0 aliphatic rings. The molecule has 0 aliphatic heterocycles. The molecule has 2 N–H and O–H groups in total. The monoisotopic (exact) mass is 170 g/mol. The molecule has 0 bridgehead atoms. The number of nitrogens with two attached hydrogens (primary N) is 1. The SMILES string of the molecule is CC(N)COc1ccc(F)nc1. The molecule has 0 amide bonds. The van der Waals surface area contributed by atoms with Crippen LogP contribution in [-0.2, 0) is 0 Å². The summed E-state index contributed by atoms with van der Waals surface area (Å²) < 4.78 is 17.5. The van der Waals surface area contributed by atoms with Crippen LogP contribution >= 0.6 is 0 Å². The summed E-state index contributed by atoms with van der Waals surface area (Å²) in [5.41, 5.74) is 5.45. The maximum absolute atomic E-state index is 12.3. The highest BCUT2D eigenvalue weighted by molar-refractivity contribution is 5.16. The fourth-order valence-corrected chi connectivity index (χ4v) is 0.675. The molecule has 1 aromatic rings. The molecule has 1 aromatic heterocycles. The van der Waals surface area contributed by atoms with Gasteiger partial charge in [-0.15, -0.1) is 0 Å². The van der Waals surface area contributed by atoms with Crippen LogP contribution in [0.15, 0.2) is 18.3 Å². The Morgan fingerprint density at radius 2 is 2.42 bits per heavy atom. The van der Waals surface area contributed by atoms with E-state index in [1.807, 2.05) is 6.92 Å². The molecule has 1 heterocycles. The summed E-state index contributed by atoms with van der Waals surface area (Å²) >= 11 is 0. The Morgan fingerprint density at radius 1 is 1.67 bits per heavy atom.